The van der Waals surface area contributed by atoms with E-state index in [4.69, 9.17) is 8.83 Å². The van der Waals surface area contributed by atoms with E-state index in [1.54, 1.807) is 10.6 Å². The highest BCUT2D eigenvalue weighted by atomic mass is 19.4. The second-order valence-corrected chi connectivity index (χ2v) is 21.7. The van der Waals surface area contributed by atoms with E-state index in [1.807, 2.05) is 164 Å². The van der Waals surface area contributed by atoms with E-state index in [1.165, 1.54) is 6.07 Å². The maximum Gasteiger partial charge on any atom is 0.418 e. The zero-order chi connectivity index (χ0) is 55.7. The number of furan rings is 2. The molecule has 0 radical (unpaired) electrons. The monoisotopic (exact) mass is 1090 g/mol. The average molecular weight is 1090 g/mol. The molecule has 0 unspecified atom stereocenters. The van der Waals surface area contributed by atoms with E-state index in [0.29, 0.717) is 50.4 Å². The second kappa shape index (κ2) is 16.9. The quantitative estimate of drug-likeness (QED) is 0.161. The van der Waals surface area contributed by atoms with E-state index in [-0.39, 0.29) is 16.9 Å². The molecule has 0 saturated heterocycles. The number of fused-ring (bicyclic) bond motifs is 18. The summed E-state index contributed by atoms with van der Waals surface area (Å²) in [4.78, 5) is 4.36. The fourth-order valence-electron chi connectivity index (χ4n) is 13.9. The Morgan fingerprint density at radius 3 is 1.00 bits per heavy atom. The molecule has 0 amide bonds. The first-order chi connectivity index (χ1) is 41.3. The number of alkyl halides is 3. The van der Waals surface area contributed by atoms with Gasteiger partial charge in [-0.1, -0.05) is 146 Å². The highest BCUT2D eigenvalue weighted by Gasteiger charge is 2.38. The maximum atomic E-state index is 17.1. The van der Waals surface area contributed by atoms with Crippen LogP contribution < -0.4 is 0 Å². The lowest BCUT2D eigenvalue weighted by Gasteiger charge is -2.24. The number of rotatable bonds is 5. The van der Waals surface area contributed by atoms with Crippen molar-refractivity contribution in [2.75, 3.05) is 0 Å². The molecular weight excluding hydrogens is 1050 g/mol. The van der Waals surface area contributed by atoms with Crippen LogP contribution in [0.1, 0.15) is 5.56 Å². The van der Waals surface area contributed by atoms with Crippen LogP contribution in [0, 0.1) is 6.57 Å². The molecule has 0 fully saturated rings. The summed E-state index contributed by atoms with van der Waals surface area (Å²) >= 11 is 0. The summed E-state index contributed by atoms with van der Waals surface area (Å²) < 4.78 is 72.3. The third kappa shape index (κ3) is 6.35. The van der Waals surface area contributed by atoms with Crippen LogP contribution in [-0.2, 0) is 6.18 Å². The number of halogens is 3. The van der Waals surface area contributed by atoms with Gasteiger partial charge in [-0.2, -0.15) is 13.2 Å². The van der Waals surface area contributed by atoms with Gasteiger partial charge in [0.05, 0.1) is 79.0 Å². The third-order valence-corrected chi connectivity index (χ3v) is 17.4. The highest BCUT2D eigenvalue weighted by molar-refractivity contribution is 6.20. The van der Waals surface area contributed by atoms with Crippen molar-refractivity contribution in [3.8, 4) is 33.9 Å². The molecule has 0 saturated carbocycles. The summed E-state index contributed by atoms with van der Waals surface area (Å²) in [6.45, 7) is 9.19. The minimum Gasteiger partial charge on any atom is -0.456 e. The first-order valence-electron chi connectivity index (χ1n) is 27.8. The largest absolute Gasteiger partial charge is 0.456 e. The lowest BCUT2D eigenvalue weighted by Crippen LogP contribution is -2.13. The van der Waals surface area contributed by atoms with Gasteiger partial charge in [0.25, 0.3) is 0 Å². The van der Waals surface area contributed by atoms with Crippen LogP contribution in [0.25, 0.3) is 170 Å². The third-order valence-electron chi connectivity index (χ3n) is 17.4. The van der Waals surface area contributed by atoms with Crippen LogP contribution in [0.5, 0.6) is 0 Å². The van der Waals surface area contributed by atoms with Crippen molar-refractivity contribution in [1.29, 1.82) is 0 Å². The van der Waals surface area contributed by atoms with Gasteiger partial charge in [-0.3, -0.25) is 0 Å². The van der Waals surface area contributed by atoms with Gasteiger partial charge in [0.15, 0.2) is 0 Å². The molecule has 0 N–H and O–H groups in total. The number of nitrogens with zero attached hydrogens (tertiary/aromatic N) is 5. The van der Waals surface area contributed by atoms with Gasteiger partial charge in [0.2, 0.25) is 5.69 Å². The van der Waals surface area contributed by atoms with E-state index in [2.05, 4.69) is 85.3 Å². The van der Waals surface area contributed by atoms with Crippen molar-refractivity contribution in [2.24, 2.45) is 0 Å². The molecule has 0 spiro atoms. The summed E-state index contributed by atoms with van der Waals surface area (Å²) in [5.41, 5.74) is 10.5. The van der Waals surface area contributed by atoms with Crippen LogP contribution >= 0.6 is 0 Å². The minimum atomic E-state index is -4.90. The molecule has 18 aromatic rings. The Morgan fingerprint density at radius 1 is 0.286 bits per heavy atom. The fourth-order valence-corrected chi connectivity index (χ4v) is 13.9. The number of hydrogen-bond donors (Lipinski definition) is 0. The van der Waals surface area contributed by atoms with E-state index in [0.717, 1.165) is 103 Å². The Labute approximate surface area is 474 Å². The van der Waals surface area contributed by atoms with Gasteiger partial charge in [-0.25, -0.2) is 4.85 Å². The van der Waals surface area contributed by atoms with Crippen molar-refractivity contribution < 1.29 is 22.0 Å². The lowest BCUT2D eigenvalue weighted by molar-refractivity contribution is -0.137. The maximum absolute atomic E-state index is 17.1. The van der Waals surface area contributed by atoms with Gasteiger partial charge in [0, 0.05) is 82.3 Å². The zero-order valence-corrected chi connectivity index (χ0v) is 44.3. The Balaban J connectivity index is 1.02. The van der Waals surface area contributed by atoms with Gasteiger partial charge in [-0.15, -0.1) is 0 Å². The molecule has 12 aromatic carbocycles. The predicted octanol–water partition coefficient (Wildman–Crippen LogP) is 21.1. The molecule has 6 heterocycles. The Morgan fingerprint density at radius 2 is 0.607 bits per heavy atom. The molecule has 0 bridgehead atoms. The average Bonchev–Trinajstić information content (AvgIpc) is 2.25. The van der Waals surface area contributed by atoms with Crippen molar-refractivity contribution in [3.05, 3.63) is 260 Å². The number of benzene rings is 12. The van der Waals surface area contributed by atoms with Gasteiger partial charge in [-0.05, 0) is 90.5 Å². The molecule has 7 nitrogen and oxygen atoms in total. The standard InChI is InChI=1S/C74H40F3N5O2/c1-78-57-37-53(65(80-60-28-12-4-20-44(60)45-21-5-13-29-61(45)80)39-69(57)82-63-31-15-7-23-47(63)51-35-55-49-25-9-17-33-71(49)84-73(55)41-67(51)82)52-36-56(74(75,76)77)68(38-64(52)79-58-26-10-2-18-42(58)43-19-3-11-27-59(43)79)81-62-30-14-6-22-46(62)50-34-54-48-24-8-16-32-70(48)83-72(54)40-66(50)81/h2-41H. The van der Waals surface area contributed by atoms with Crippen molar-refractivity contribution >= 4 is 137 Å². The molecule has 394 valence electrons. The minimum absolute atomic E-state index is 0.0626. The molecule has 10 heteroatoms. The molecular formula is C74H40F3N5O2. The van der Waals surface area contributed by atoms with Crippen molar-refractivity contribution in [2.45, 2.75) is 6.18 Å². The normalized spacial score (nSPS) is 12.5. The number of aromatic nitrogens is 4. The predicted molar refractivity (Wildman–Crippen MR) is 335 cm³/mol. The fraction of sp³-hybridized carbons (Fsp3) is 0.0135. The van der Waals surface area contributed by atoms with Crippen LogP contribution in [0.3, 0.4) is 0 Å². The lowest BCUT2D eigenvalue weighted by atomic mass is 9.95. The first kappa shape index (κ1) is 46.5. The molecule has 84 heavy (non-hydrogen) atoms. The van der Waals surface area contributed by atoms with E-state index < -0.39 is 11.7 Å². The molecule has 18 rings (SSSR count). The number of hydrogen-bond acceptors (Lipinski definition) is 2. The summed E-state index contributed by atoms with van der Waals surface area (Å²) in [6, 6.07) is 79.0. The van der Waals surface area contributed by atoms with E-state index >= 15 is 13.2 Å². The zero-order valence-electron chi connectivity index (χ0n) is 44.3. The van der Waals surface area contributed by atoms with Crippen molar-refractivity contribution in [3.63, 3.8) is 0 Å². The highest BCUT2D eigenvalue weighted by Crippen LogP contribution is 2.50. The molecule has 0 aliphatic heterocycles. The Bertz CT molecular complexity index is 5850. The smallest absolute Gasteiger partial charge is 0.418 e. The summed E-state index contributed by atoms with van der Waals surface area (Å²) in [5, 5.41) is 11.1. The molecule has 6 aromatic heterocycles. The topological polar surface area (TPSA) is 50.4 Å². The SMILES string of the molecule is [C-]#[N+]c1cc(-c2cc(C(F)(F)F)c(-n3c4ccccc4c4cc5c(cc43)oc3ccccc35)cc2-n2c3ccccc3c3ccccc32)c(-n2c3ccccc3c3ccccc32)cc1-n1c2ccccc2c2cc3c(cc21)oc1ccccc13. The first-order valence-corrected chi connectivity index (χ1v) is 27.8. The van der Waals surface area contributed by atoms with Crippen LogP contribution in [0.4, 0.5) is 18.9 Å². The van der Waals surface area contributed by atoms with Crippen LogP contribution in [0.15, 0.2) is 251 Å². The second-order valence-electron chi connectivity index (χ2n) is 21.7. The van der Waals surface area contributed by atoms with Crippen LogP contribution in [0.2, 0.25) is 0 Å². The summed E-state index contributed by atoms with van der Waals surface area (Å²) in [7, 11) is 0. The Kier molecular flexibility index (Phi) is 9.34. The van der Waals surface area contributed by atoms with Crippen molar-refractivity contribution in [1.82, 2.24) is 18.3 Å². The van der Waals surface area contributed by atoms with Gasteiger partial charge < -0.3 is 27.1 Å². The number of para-hydroxylation sites is 8. The van der Waals surface area contributed by atoms with E-state index in [9.17, 15) is 6.57 Å². The van der Waals surface area contributed by atoms with Crippen LogP contribution in [-0.4, -0.2) is 18.3 Å². The van der Waals surface area contributed by atoms with Gasteiger partial charge >= 0.3 is 6.18 Å². The molecule has 0 aliphatic carbocycles. The summed E-state index contributed by atoms with van der Waals surface area (Å²) in [5.74, 6) is 0. The van der Waals surface area contributed by atoms with Gasteiger partial charge in [0.1, 0.15) is 22.3 Å². The molecule has 0 aliphatic rings. The summed E-state index contributed by atoms with van der Waals surface area (Å²) in [6.07, 6.45) is -4.90. The molecule has 0 atom stereocenters. The Hall–Kier alpha value is -11.3.